The van der Waals surface area contributed by atoms with E-state index in [0.717, 1.165) is 11.3 Å². The van der Waals surface area contributed by atoms with Gasteiger partial charge in [0.1, 0.15) is 0 Å². The number of nitrogens with zero attached hydrogens (tertiary/aromatic N) is 2. The standard InChI is InChI=1S/C9H10N2/c1-10-7-8-5-3-4-6-9(8)11-2/h3-7H,1H2,2H3/b8-7-,11-9-. The predicted molar refractivity (Wildman–Crippen MR) is 49.3 cm³/mol. The molecule has 2 heteroatoms. The molecule has 0 aliphatic heterocycles. The Bertz CT molecular complexity index is 267. The van der Waals surface area contributed by atoms with Crippen molar-refractivity contribution in [2.24, 2.45) is 9.98 Å². The first-order chi connectivity index (χ1) is 5.38. The first-order valence-corrected chi connectivity index (χ1v) is 3.36. The highest BCUT2D eigenvalue weighted by Crippen LogP contribution is 2.07. The van der Waals surface area contributed by atoms with Gasteiger partial charge in [0.25, 0.3) is 0 Å². The molecule has 1 aliphatic rings. The lowest BCUT2D eigenvalue weighted by Gasteiger charge is -2.02. The average Bonchev–Trinajstić information content (AvgIpc) is 2.06. The van der Waals surface area contributed by atoms with Gasteiger partial charge in [0.15, 0.2) is 0 Å². The zero-order chi connectivity index (χ0) is 8.10. The molecule has 2 nitrogen and oxygen atoms in total. The Hall–Kier alpha value is -1.44. The summed E-state index contributed by atoms with van der Waals surface area (Å²) in [6.07, 6.45) is 9.49. The number of aliphatic imine (C=N–C) groups is 2. The highest BCUT2D eigenvalue weighted by Gasteiger charge is 2.00. The maximum atomic E-state index is 4.07. The van der Waals surface area contributed by atoms with Gasteiger partial charge in [-0.05, 0) is 12.8 Å². The Balaban J connectivity index is 2.97. The summed E-state index contributed by atoms with van der Waals surface area (Å²) >= 11 is 0. The quantitative estimate of drug-likeness (QED) is 0.504. The molecule has 0 radical (unpaired) electrons. The van der Waals surface area contributed by atoms with Gasteiger partial charge >= 0.3 is 0 Å². The Labute approximate surface area is 66.4 Å². The molecule has 0 aromatic rings. The number of rotatable bonds is 1. The average molecular weight is 146 g/mol. The van der Waals surface area contributed by atoms with E-state index in [4.69, 9.17) is 0 Å². The molecule has 0 heterocycles. The molecule has 1 aliphatic carbocycles. The molecular weight excluding hydrogens is 136 g/mol. The van der Waals surface area contributed by atoms with Crippen LogP contribution < -0.4 is 0 Å². The molecule has 56 valence electrons. The number of hydrogen-bond donors (Lipinski definition) is 0. The van der Waals surface area contributed by atoms with Crippen molar-refractivity contribution in [3.05, 3.63) is 36.1 Å². The maximum absolute atomic E-state index is 4.07. The summed E-state index contributed by atoms with van der Waals surface area (Å²) in [6.45, 7) is 3.38. The smallest absolute Gasteiger partial charge is 0.0658 e. The molecule has 11 heavy (non-hydrogen) atoms. The second-order valence-electron chi connectivity index (χ2n) is 2.09. The normalized spacial score (nSPS) is 23.0. The molecule has 0 aromatic carbocycles. The van der Waals surface area contributed by atoms with E-state index in [1.54, 1.807) is 13.2 Å². The molecule has 0 saturated carbocycles. The van der Waals surface area contributed by atoms with E-state index in [-0.39, 0.29) is 0 Å². The van der Waals surface area contributed by atoms with E-state index in [0.29, 0.717) is 0 Å². The predicted octanol–water partition coefficient (Wildman–Crippen LogP) is 1.77. The van der Waals surface area contributed by atoms with Gasteiger partial charge in [-0.3, -0.25) is 9.98 Å². The highest BCUT2D eigenvalue weighted by atomic mass is 14.7. The summed E-state index contributed by atoms with van der Waals surface area (Å²) in [4.78, 5) is 7.75. The first-order valence-electron chi connectivity index (χ1n) is 3.36. The third-order valence-corrected chi connectivity index (χ3v) is 1.41. The van der Waals surface area contributed by atoms with Crippen molar-refractivity contribution < 1.29 is 0 Å². The van der Waals surface area contributed by atoms with E-state index in [1.807, 2.05) is 24.3 Å². The van der Waals surface area contributed by atoms with Crippen molar-refractivity contribution in [3.8, 4) is 0 Å². The molecule has 0 bridgehead atoms. The number of hydrogen-bond acceptors (Lipinski definition) is 2. The van der Waals surface area contributed by atoms with Gasteiger partial charge in [0.05, 0.1) is 5.71 Å². The van der Waals surface area contributed by atoms with Gasteiger partial charge in [-0.25, -0.2) is 0 Å². The minimum absolute atomic E-state index is 0.944. The summed E-state index contributed by atoms with van der Waals surface area (Å²) in [5.41, 5.74) is 1.95. The minimum atomic E-state index is 0.944. The fraction of sp³-hybridized carbons (Fsp3) is 0.111. The van der Waals surface area contributed by atoms with Crippen LogP contribution in [0.2, 0.25) is 0 Å². The van der Waals surface area contributed by atoms with Gasteiger partial charge in [-0.15, -0.1) is 0 Å². The summed E-state index contributed by atoms with van der Waals surface area (Å²) in [5.74, 6) is 0. The summed E-state index contributed by atoms with van der Waals surface area (Å²) in [6, 6.07) is 0. The Kier molecular flexibility index (Phi) is 2.55. The van der Waals surface area contributed by atoms with Crippen LogP contribution in [0.25, 0.3) is 0 Å². The van der Waals surface area contributed by atoms with Crippen molar-refractivity contribution >= 4 is 12.4 Å². The number of allylic oxidation sites excluding steroid dienone is 5. The zero-order valence-electron chi connectivity index (χ0n) is 6.49. The van der Waals surface area contributed by atoms with Crippen LogP contribution in [0.4, 0.5) is 0 Å². The zero-order valence-corrected chi connectivity index (χ0v) is 6.49. The lowest BCUT2D eigenvalue weighted by atomic mass is 10.1. The van der Waals surface area contributed by atoms with Crippen molar-refractivity contribution in [3.63, 3.8) is 0 Å². The van der Waals surface area contributed by atoms with Crippen LogP contribution in [0.1, 0.15) is 0 Å². The maximum Gasteiger partial charge on any atom is 0.0658 e. The van der Waals surface area contributed by atoms with E-state index in [2.05, 4.69) is 16.7 Å². The molecule has 1 rings (SSSR count). The fourth-order valence-electron chi connectivity index (χ4n) is 0.899. The van der Waals surface area contributed by atoms with Crippen LogP contribution in [-0.4, -0.2) is 19.5 Å². The first kappa shape index (κ1) is 7.66. The van der Waals surface area contributed by atoms with E-state index in [1.165, 1.54) is 0 Å². The summed E-state index contributed by atoms with van der Waals surface area (Å²) < 4.78 is 0. The van der Waals surface area contributed by atoms with Crippen molar-refractivity contribution in [1.82, 2.24) is 0 Å². The third kappa shape index (κ3) is 1.74. The Morgan fingerprint density at radius 3 is 2.73 bits per heavy atom. The molecule has 0 atom stereocenters. The molecule has 0 N–H and O–H groups in total. The van der Waals surface area contributed by atoms with Gasteiger partial charge < -0.3 is 0 Å². The second kappa shape index (κ2) is 3.66. The Morgan fingerprint density at radius 1 is 1.36 bits per heavy atom. The molecule has 0 fully saturated rings. The van der Waals surface area contributed by atoms with Crippen molar-refractivity contribution in [2.75, 3.05) is 7.05 Å². The van der Waals surface area contributed by atoms with Crippen molar-refractivity contribution in [2.45, 2.75) is 0 Å². The summed E-state index contributed by atoms with van der Waals surface area (Å²) in [7, 11) is 1.76. The van der Waals surface area contributed by atoms with Crippen LogP contribution in [0.3, 0.4) is 0 Å². The molecule has 0 spiro atoms. The van der Waals surface area contributed by atoms with Crippen LogP contribution >= 0.6 is 0 Å². The lowest BCUT2D eigenvalue weighted by molar-refractivity contribution is 1.42. The molecular formula is C9H10N2. The van der Waals surface area contributed by atoms with Gasteiger partial charge in [-0.1, -0.05) is 18.2 Å². The minimum Gasteiger partial charge on any atom is -0.288 e. The molecule has 0 saturated heterocycles. The topological polar surface area (TPSA) is 24.7 Å². The second-order valence-corrected chi connectivity index (χ2v) is 2.09. The highest BCUT2D eigenvalue weighted by molar-refractivity contribution is 6.11. The third-order valence-electron chi connectivity index (χ3n) is 1.41. The van der Waals surface area contributed by atoms with Gasteiger partial charge in [-0.2, -0.15) is 0 Å². The summed E-state index contributed by atoms with van der Waals surface area (Å²) in [5, 5.41) is 0. The molecule has 0 unspecified atom stereocenters. The largest absolute Gasteiger partial charge is 0.288 e. The van der Waals surface area contributed by atoms with E-state index < -0.39 is 0 Å². The lowest BCUT2D eigenvalue weighted by Crippen LogP contribution is -1.98. The van der Waals surface area contributed by atoms with Crippen molar-refractivity contribution in [1.29, 1.82) is 0 Å². The fourth-order valence-corrected chi connectivity index (χ4v) is 0.899. The molecule has 0 aromatic heterocycles. The van der Waals surface area contributed by atoms with E-state index >= 15 is 0 Å². The Morgan fingerprint density at radius 2 is 2.09 bits per heavy atom. The SMILES string of the molecule is C=N/C=C1/C=CC=C/C1=N/C. The monoisotopic (exact) mass is 146 g/mol. The van der Waals surface area contributed by atoms with Gasteiger partial charge in [0.2, 0.25) is 0 Å². The van der Waals surface area contributed by atoms with Crippen LogP contribution in [-0.2, 0) is 0 Å². The van der Waals surface area contributed by atoms with E-state index in [9.17, 15) is 0 Å². The van der Waals surface area contributed by atoms with Gasteiger partial charge in [0, 0.05) is 18.8 Å². The van der Waals surface area contributed by atoms with Crippen LogP contribution in [0.5, 0.6) is 0 Å². The van der Waals surface area contributed by atoms with Crippen LogP contribution in [0, 0.1) is 0 Å². The van der Waals surface area contributed by atoms with Crippen LogP contribution in [0.15, 0.2) is 46.1 Å². The molecule has 0 amide bonds.